The minimum absolute atomic E-state index is 0.0320. The molecule has 2 aromatic rings. The lowest BCUT2D eigenvalue weighted by molar-refractivity contribution is -0.122. The molecule has 22 heavy (non-hydrogen) atoms. The zero-order valence-corrected chi connectivity index (χ0v) is 12.2. The average molecular weight is 303 g/mol. The molecule has 1 aliphatic rings. The number of nitrogens with one attached hydrogen (secondary N) is 1. The van der Waals surface area contributed by atoms with Crippen LogP contribution in [0.2, 0.25) is 0 Å². The maximum atomic E-state index is 12.0. The first-order valence-electron chi connectivity index (χ1n) is 7.26. The summed E-state index contributed by atoms with van der Waals surface area (Å²) >= 11 is 0. The standard InChI is InChI=1S/C16H17NO5/c1-2-20-16(19)14-6-5-10(22-14)9-17-15(18)12-8-11(12)13-4-3-7-21-13/h3-7,11-12H,2,8-9H2,1H3,(H,17,18)/t11-,12-/m1/s1. The summed E-state index contributed by atoms with van der Waals surface area (Å²) in [6, 6.07) is 6.91. The van der Waals surface area contributed by atoms with Gasteiger partial charge < -0.3 is 18.9 Å². The van der Waals surface area contributed by atoms with Gasteiger partial charge in [-0.3, -0.25) is 4.79 Å². The Morgan fingerprint density at radius 2 is 2.23 bits per heavy atom. The molecule has 3 rings (SSSR count). The van der Waals surface area contributed by atoms with Gasteiger partial charge in [-0.05, 0) is 37.6 Å². The largest absolute Gasteiger partial charge is 0.469 e. The quantitative estimate of drug-likeness (QED) is 0.829. The van der Waals surface area contributed by atoms with Crippen LogP contribution in [0.1, 0.15) is 41.3 Å². The number of furan rings is 2. The second kappa shape index (κ2) is 6.09. The summed E-state index contributed by atoms with van der Waals surface area (Å²) in [4.78, 5) is 23.5. The molecule has 0 radical (unpaired) electrons. The number of rotatable bonds is 6. The van der Waals surface area contributed by atoms with E-state index in [-0.39, 0.29) is 30.0 Å². The highest BCUT2D eigenvalue weighted by molar-refractivity contribution is 5.86. The highest BCUT2D eigenvalue weighted by Crippen LogP contribution is 2.47. The van der Waals surface area contributed by atoms with Gasteiger partial charge >= 0.3 is 5.97 Å². The van der Waals surface area contributed by atoms with Crippen molar-refractivity contribution >= 4 is 11.9 Å². The van der Waals surface area contributed by atoms with Crippen LogP contribution in [0.5, 0.6) is 0 Å². The van der Waals surface area contributed by atoms with E-state index in [9.17, 15) is 9.59 Å². The molecular formula is C16H17NO5. The van der Waals surface area contributed by atoms with Crippen molar-refractivity contribution in [3.05, 3.63) is 47.8 Å². The van der Waals surface area contributed by atoms with Gasteiger partial charge in [0.15, 0.2) is 0 Å². The second-order valence-corrected chi connectivity index (χ2v) is 5.17. The van der Waals surface area contributed by atoms with Gasteiger partial charge in [0.2, 0.25) is 11.7 Å². The predicted octanol–water partition coefficient (Wildman–Crippen LogP) is 2.47. The first kappa shape index (κ1) is 14.4. The van der Waals surface area contributed by atoms with Crippen molar-refractivity contribution in [3.8, 4) is 0 Å². The Morgan fingerprint density at radius 1 is 1.36 bits per heavy atom. The van der Waals surface area contributed by atoms with Gasteiger partial charge in [-0.15, -0.1) is 0 Å². The van der Waals surface area contributed by atoms with Crippen molar-refractivity contribution in [1.29, 1.82) is 0 Å². The molecule has 0 unspecified atom stereocenters. The fraction of sp³-hybridized carbons (Fsp3) is 0.375. The lowest BCUT2D eigenvalue weighted by Gasteiger charge is -2.02. The van der Waals surface area contributed by atoms with E-state index in [4.69, 9.17) is 13.6 Å². The van der Waals surface area contributed by atoms with Gasteiger partial charge in [0.25, 0.3) is 0 Å². The normalized spacial score (nSPS) is 19.7. The van der Waals surface area contributed by atoms with Crippen molar-refractivity contribution in [2.75, 3.05) is 6.61 Å². The topological polar surface area (TPSA) is 81.7 Å². The lowest BCUT2D eigenvalue weighted by atomic mass is 10.2. The van der Waals surface area contributed by atoms with Gasteiger partial charge in [-0.25, -0.2) is 4.79 Å². The van der Waals surface area contributed by atoms with Crippen LogP contribution in [0, 0.1) is 5.92 Å². The number of hydrogen-bond donors (Lipinski definition) is 1. The van der Waals surface area contributed by atoms with Crippen LogP contribution in [0.15, 0.2) is 39.4 Å². The molecular weight excluding hydrogens is 286 g/mol. The second-order valence-electron chi connectivity index (χ2n) is 5.17. The van der Waals surface area contributed by atoms with Crippen LogP contribution >= 0.6 is 0 Å². The zero-order chi connectivity index (χ0) is 15.5. The Labute approximate surface area is 127 Å². The van der Waals surface area contributed by atoms with E-state index in [1.807, 2.05) is 12.1 Å². The molecule has 0 bridgehead atoms. The number of carbonyl (C=O) groups excluding carboxylic acids is 2. The van der Waals surface area contributed by atoms with Crippen molar-refractivity contribution in [2.45, 2.75) is 25.8 Å². The summed E-state index contributed by atoms with van der Waals surface area (Å²) in [7, 11) is 0. The maximum Gasteiger partial charge on any atom is 0.374 e. The number of esters is 1. The van der Waals surface area contributed by atoms with Crippen LogP contribution < -0.4 is 5.32 Å². The Bertz CT molecular complexity index is 658. The molecule has 116 valence electrons. The molecule has 0 saturated heterocycles. The van der Waals surface area contributed by atoms with Gasteiger partial charge in [-0.1, -0.05) is 0 Å². The number of amides is 1. The zero-order valence-electron chi connectivity index (χ0n) is 12.2. The molecule has 1 saturated carbocycles. The summed E-state index contributed by atoms with van der Waals surface area (Å²) in [5.41, 5.74) is 0. The minimum Gasteiger partial charge on any atom is -0.469 e. The van der Waals surface area contributed by atoms with Gasteiger partial charge in [-0.2, -0.15) is 0 Å². The van der Waals surface area contributed by atoms with Gasteiger partial charge in [0.1, 0.15) is 11.5 Å². The molecule has 0 spiro atoms. The SMILES string of the molecule is CCOC(=O)c1ccc(CNC(=O)[C@@H]2C[C@H]2c2ccco2)o1. The smallest absolute Gasteiger partial charge is 0.374 e. The molecule has 2 aromatic heterocycles. The Morgan fingerprint density at radius 3 is 2.95 bits per heavy atom. The van der Waals surface area contributed by atoms with Gasteiger partial charge in [0, 0.05) is 11.8 Å². The summed E-state index contributed by atoms with van der Waals surface area (Å²) in [5, 5.41) is 2.81. The molecule has 6 nitrogen and oxygen atoms in total. The molecule has 2 atom stereocenters. The third-order valence-electron chi connectivity index (χ3n) is 3.61. The van der Waals surface area contributed by atoms with Crippen LogP contribution in [0.4, 0.5) is 0 Å². The first-order valence-corrected chi connectivity index (χ1v) is 7.26. The van der Waals surface area contributed by atoms with E-state index in [0.29, 0.717) is 12.4 Å². The van der Waals surface area contributed by atoms with E-state index in [2.05, 4.69) is 5.32 Å². The fourth-order valence-electron chi connectivity index (χ4n) is 2.39. The molecule has 2 heterocycles. The molecule has 6 heteroatoms. The first-order chi connectivity index (χ1) is 10.7. The average Bonchev–Trinajstić information content (AvgIpc) is 2.93. The van der Waals surface area contributed by atoms with E-state index < -0.39 is 5.97 Å². The monoisotopic (exact) mass is 303 g/mol. The van der Waals surface area contributed by atoms with E-state index in [1.54, 1.807) is 25.3 Å². The van der Waals surface area contributed by atoms with E-state index in [0.717, 1.165) is 12.2 Å². The molecule has 1 amide bonds. The molecule has 0 aromatic carbocycles. The fourth-order valence-corrected chi connectivity index (χ4v) is 2.39. The van der Waals surface area contributed by atoms with Crippen molar-refractivity contribution in [1.82, 2.24) is 5.32 Å². The summed E-state index contributed by atoms with van der Waals surface area (Å²) in [6.45, 7) is 2.27. The lowest BCUT2D eigenvalue weighted by Crippen LogP contribution is -2.24. The van der Waals surface area contributed by atoms with Crippen molar-refractivity contribution in [2.24, 2.45) is 5.92 Å². The minimum atomic E-state index is -0.500. The number of ether oxygens (including phenoxy) is 1. The molecule has 0 aliphatic heterocycles. The highest BCUT2D eigenvalue weighted by atomic mass is 16.5. The number of hydrogen-bond acceptors (Lipinski definition) is 5. The Kier molecular flexibility index (Phi) is 4.00. The molecule has 1 aliphatic carbocycles. The Hall–Kier alpha value is -2.50. The summed E-state index contributed by atoms with van der Waals surface area (Å²) in [6.07, 6.45) is 2.41. The predicted molar refractivity (Wildman–Crippen MR) is 76.1 cm³/mol. The third kappa shape index (κ3) is 3.05. The molecule has 1 N–H and O–H groups in total. The Balaban J connectivity index is 1.49. The van der Waals surface area contributed by atoms with E-state index >= 15 is 0 Å². The van der Waals surface area contributed by atoms with Crippen molar-refractivity contribution < 1.29 is 23.2 Å². The highest BCUT2D eigenvalue weighted by Gasteiger charge is 2.45. The summed E-state index contributed by atoms with van der Waals surface area (Å²) < 4.78 is 15.5. The van der Waals surface area contributed by atoms with Crippen LogP contribution in [0.3, 0.4) is 0 Å². The van der Waals surface area contributed by atoms with Crippen LogP contribution in [0.25, 0.3) is 0 Å². The number of carbonyl (C=O) groups is 2. The third-order valence-corrected chi connectivity index (χ3v) is 3.61. The van der Waals surface area contributed by atoms with E-state index in [1.165, 1.54) is 0 Å². The summed E-state index contributed by atoms with van der Waals surface area (Å²) in [5.74, 6) is 1.10. The van der Waals surface area contributed by atoms with Crippen LogP contribution in [-0.4, -0.2) is 18.5 Å². The van der Waals surface area contributed by atoms with Crippen LogP contribution in [-0.2, 0) is 16.1 Å². The molecule has 1 fully saturated rings. The van der Waals surface area contributed by atoms with Gasteiger partial charge in [0.05, 0.1) is 19.4 Å². The maximum absolute atomic E-state index is 12.0. The van der Waals surface area contributed by atoms with Crippen molar-refractivity contribution in [3.63, 3.8) is 0 Å².